The molecule has 0 radical (unpaired) electrons. The van der Waals surface area contributed by atoms with Crippen LogP contribution < -0.4 is 9.84 Å². The number of carboxylic acids is 1. The van der Waals surface area contributed by atoms with E-state index in [9.17, 15) is 20.0 Å². The van der Waals surface area contributed by atoms with Gasteiger partial charge in [-0.2, -0.15) is 10.4 Å². The predicted molar refractivity (Wildman–Crippen MR) is 94.1 cm³/mol. The zero-order chi connectivity index (χ0) is 19.8. The SMILES string of the molecule is CCOC(=O)/C(C#N)=C\c1cn(CCC(=O)[O-])nc1-c1ccc(OC)cc1. The highest BCUT2D eigenvalue weighted by Crippen LogP contribution is 2.26. The fourth-order valence-electron chi connectivity index (χ4n) is 2.34. The summed E-state index contributed by atoms with van der Waals surface area (Å²) in [5.74, 6) is -1.27. The number of methoxy groups -OCH3 is 1. The fourth-order valence-corrected chi connectivity index (χ4v) is 2.34. The van der Waals surface area contributed by atoms with Gasteiger partial charge in [0.15, 0.2) is 0 Å². The summed E-state index contributed by atoms with van der Waals surface area (Å²) in [5, 5.41) is 24.3. The smallest absolute Gasteiger partial charge is 0.348 e. The Bertz CT molecular complexity index is 891. The molecular weight excluding hydrogens is 350 g/mol. The maximum atomic E-state index is 11.9. The second kappa shape index (κ2) is 9.20. The quantitative estimate of drug-likeness (QED) is 0.390. The van der Waals surface area contributed by atoms with Crippen LogP contribution in [0.25, 0.3) is 17.3 Å². The summed E-state index contributed by atoms with van der Waals surface area (Å²) < 4.78 is 11.4. The lowest BCUT2D eigenvalue weighted by Gasteiger charge is -2.03. The van der Waals surface area contributed by atoms with Crippen molar-refractivity contribution in [3.05, 3.63) is 41.6 Å². The summed E-state index contributed by atoms with van der Waals surface area (Å²) in [6.07, 6.45) is 2.73. The van der Waals surface area contributed by atoms with Crippen LogP contribution in [0.2, 0.25) is 0 Å². The van der Waals surface area contributed by atoms with Gasteiger partial charge in [0.1, 0.15) is 17.4 Å². The van der Waals surface area contributed by atoms with E-state index in [0.717, 1.165) is 5.56 Å². The molecular formula is C19H18N3O5-. The topological polar surface area (TPSA) is 117 Å². The molecule has 0 spiro atoms. The van der Waals surface area contributed by atoms with Gasteiger partial charge in [0, 0.05) is 36.3 Å². The number of nitrogens with zero attached hydrogens (tertiary/aromatic N) is 3. The molecule has 0 fully saturated rings. The molecule has 1 aromatic carbocycles. The van der Waals surface area contributed by atoms with Crippen molar-refractivity contribution < 1.29 is 24.2 Å². The summed E-state index contributed by atoms with van der Waals surface area (Å²) in [7, 11) is 1.55. The number of rotatable bonds is 8. The van der Waals surface area contributed by atoms with Gasteiger partial charge in [-0.15, -0.1) is 0 Å². The van der Waals surface area contributed by atoms with Crippen molar-refractivity contribution in [2.24, 2.45) is 0 Å². The minimum Gasteiger partial charge on any atom is -0.550 e. The van der Waals surface area contributed by atoms with E-state index in [0.29, 0.717) is 17.0 Å². The van der Waals surface area contributed by atoms with E-state index in [-0.39, 0.29) is 25.1 Å². The number of carboxylic acid groups (broad SMARTS) is 1. The first-order valence-corrected chi connectivity index (χ1v) is 8.19. The normalized spacial score (nSPS) is 10.9. The first kappa shape index (κ1) is 19.7. The standard InChI is InChI=1S/C19H19N3O5/c1-3-27-19(25)14(11-20)10-15-12-22(9-8-17(23)24)21-18(15)13-4-6-16(26-2)7-5-13/h4-7,10,12H,3,8-9H2,1-2H3,(H,23,24)/p-1/b14-10-. The summed E-state index contributed by atoms with van der Waals surface area (Å²) in [6, 6.07) is 8.87. The van der Waals surface area contributed by atoms with Crippen LogP contribution in [-0.4, -0.2) is 35.4 Å². The Balaban J connectivity index is 2.47. The van der Waals surface area contributed by atoms with Crippen LogP contribution in [0.3, 0.4) is 0 Å². The molecule has 0 amide bonds. The van der Waals surface area contributed by atoms with E-state index in [1.165, 1.54) is 10.8 Å². The zero-order valence-electron chi connectivity index (χ0n) is 15.0. The maximum Gasteiger partial charge on any atom is 0.348 e. The van der Waals surface area contributed by atoms with Crippen LogP contribution in [0.1, 0.15) is 18.9 Å². The second-order valence-electron chi connectivity index (χ2n) is 5.44. The number of aryl methyl sites for hydroxylation is 1. The molecule has 0 unspecified atom stereocenters. The molecule has 8 nitrogen and oxygen atoms in total. The molecule has 0 N–H and O–H groups in total. The van der Waals surface area contributed by atoms with Crippen molar-refractivity contribution in [1.82, 2.24) is 9.78 Å². The Hall–Kier alpha value is -3.60. The monoisotopic (exact) mass is 368 g/mol. The second-order valence-corrected chi connectivity index (χ2v) is 5.44. The molecule has 1 heterocycles. The number of hydrogen-bond donors (Lipinski definition) is 0. The summed E-state index contributed by atoms with van der Waals surface area (Å²) in [6.45, 7) is 1.89. The number of aliphatic carboxylic acids is 1. The van der Waals surface area contributed by atoms with Gasteiger partial charge < -0.3 is 19.4 Å². The molecule has 0 bridgehead atoms. The highest BCUT2D eigenvalue weighted by atomic mass is 16.5. The van der Waals surface area contributed by atoms with Crippen molar-refractivity contribution in [3.8, 4) is 23.1 Å². The number of hydrogen-bond acceptors (Lipinski definition) is 7. The number of carbonyl (C=O) groups is 2. The number of aromatic nitrogens is 2. The molecule has 2 rings (SSSR count). The van der Waals surface area contributed by atoms with Crippen molar-refractivity contribution in [2.45, 2.75) is 19.9 Å². The van der Waals surface area contributed by atoms with Crippen molar-refractivity contribution in [3.63, 3.8) is 0 Å². The zero-order valence-corrected chi connectivity index (χ0v) is 15.0. The van der Waals surface area contributed by atoms with Gasteiger partial charge in [-0.05, 0) is 37.3 Å². The highest BCUT2D eigenvalue weighted by molar-refractivity contribution is 5.98. The van der Waals surface area contributed by atoms with E-state index < -0.39 is 11.9 Å². The molecule has 8 heteroatoms. The summed E-state index contributed by atoms with van der Waals surface area (Å²) >= 11 is 0. The fraction of sp³-hybridized carbons (Fsp3) is 0.263. The Kier molecular flexibility index (Phi) is 6.72. The lowest BCUT2D eigenvalue weighted by Crippen LogP contribution is -2.23. The molecule has 0 saturated heterocycles. The maximum absolute atomic E-state index is 11.9. The Labute approximate surface area is 156 Å². The van der Waals surface area contributed by atoms with Crippen LogP contribution >= 0.6 is 0 Å². The molecule has 0 atom stereocenters. The average molecular weight is 368 g/mol. The summed E-state index contributed by atoms with van der Waals surface area (Å²) in [5.41, 5.74) is 1.53. The van der Waals surface area contributed by atoms with E-state index in [4.69, 9.17) is 9.47 Å². The number of carbonyl (C=O) groups excluding carboxylic acids is 2. The van der Waals surface area contributed by atoms with Crippen molar-refractivity contribution in [2.75, 3.05) is 13.7 Å². The van der Waals surface area contributed by atoms with Gasteiger partial charge in [-0.3, -0.25) is 4.68 Å². The highest BCUT2D eigenvalue weighted by Gasteiger charge is 2.15. The number of benzene rings is 1. The third kappa shape index (κ3) is 5.19. The first-order valence-electron chi connectivity index (χ1n) is 8.19. The molecule has 0 aliphatic rings. The van der Waals surface area contributed by atoms with E-state index in [2.05, 4.69) is 5.10 Å². The summed E-state index contributed by atoms with van der Waals surface area (Å²) in [4.78, 5) is 22.6. The van der Waals surface area contributed by atoms with Gasteiger partial charge in [-0.1, -0.05) is 0 Å². The average Bonchev–Trinajstić information content (AvgIpc) is 3.07. The Morgan fingerprint density at radius 3 is 2.59 bits per heavy atom. The number of nitriles is 1. The number of esters is 1. The van der Waals surface area contributed by atoms with E-state index in [1.807, 2.05) is 6.07 Å². The van der Waals surface area contributed by atoms with Crippen LogP contribution in [0.4, 0.5) is 0 Å². The minimum atomic E-state index is -1.20. The minimum absolute atomic E-state index is 0.0978. The van der Waals surface area contributed by atoms with Gasteiger partial charge in [0.25, 0.3) is 0 Å². The third-order valence-corrected chi connectivity index (χ3v) is 3.61. The molecule has 2 aromatic rings. The molecule has 1 aromatic heterocycles. The molecule has 140 valence electrons. The molecule has 0 saturated carbocycles. The van der Waals surface area contributed by atoms with Crippen LogP contribution in [0.15, 0.2) is 36.0 Å². The largest absolute Gasteiger partial charge is 0.550 e. The van der Waals surface area contributed by atoms with Crippen molar-refractivity contribution in [1.29, 1.82) is 5.26 Å². The first-order chi connectivity index (χ1) is 13.0. The van der Waals surface area contributed by atoms with Gasteiger partial charge in [-0.25, -0.2) is 4.79 Å². The molecule has 0 aliphatic carbocycles. The lowest BCUT2D eigenvalue weighted by atomic mass is 10.1. The molecule has 0 aliphatic heterocycles. The predicted octanol–water partition coefficient (Wildman–Crippen LogP) is 1.17. The third-order valence-electron chi connectivity index (χ3n) is 3.61. The molecule has 27 heavy (non-hydrogen) atoms. The van der Waals surface area contributed by atoms with Crippen LogP contribution in [0, 0.1) is 11.3 Å². The lowest BCUT2D eigenvalue weighted by molar-refractivity contribution is -0.306. The van der Waals surface area contributed by atoms with Crippen molar-refractivity contribution >= 4 is 18.0 Å². The van der Waals surface area contributed by atoms with Gasteiger partial charge in [0.05, 0.1) is 19.4 Å². The van der Waals surface area contributed by atoms with Crippen LogP contribution in [-0.2, 0) is 20.9 Å². The Morgan fingerprint density at radius 2 is 2.04 bits per heavy atom. The van der Waals surface area contributed by atoms with Gasteiger partial charge >= 0.3 is 5.97 Å². The van der Waals surface area contributed by atoms with E-state index in [1.54, 1.807) is 44.5 Å². The van der Waals surface area contributed by atoms with Crippen LogP contribution in [0.5, 0.6) is 5.75 Å². The number of ether oxygens (including phenoxy) is 2. The van der Waals surface area contributed by atoms with E-state index >= 15 is 0 Å². The Morgan fingerprint density at radius 1 is 1.33 bits per heavy atom. The van der Waals surface area contributed by atoms with Gasteiger partial charge in [0.2, 0.25) is 0 Å².